The Labute approximate surface area is 227 Å². The number of para-hydroxylation sites is 2. The first kappa shape index (κ1) is 21.1. The van der Waals surface area contributed by atoms with E-state index in [0.717, 1.165) is 38.5 Å². The number of hydrogen-bond donors (Lipinski definition) is 0. The van der Waals surface area contributed by atoms with Gasteiger partial charge in [-0.05, 0) is 65.7 Å². The molecular weight excluding hydrogens is 494 g/mol. The molecule has 0 amide bonds. The number of rotatable bonds is 2. The summed E-state index contributed by atoms with van der Waals surface area (Å²) >= 11 is 1.86. The fraction of sp³-hybridized carbons (Fsp3) is 0. The number of thiophene rings is 1. The maximum atomic E-state index is 6.45. The summed E-state index contributed by atoms with van der Waals surface area (Å²) in [6, 6.07) is 45.8. The van der Waals surface area contributed by atoms with Crippen LogP contribution in [0.3, 0.4) is 0 Å². The van der Waals surface area contributed by atoms with Gasteiger partial charge in [0.2, 0.25) is 0 Å². The molecule has 3 aromatic heterocycles. The van der Waals surface area contributed by atoms with Crippen LogP contribution in [0.25, 0.3) is 80.7 Å². The molecule has 0 atom stereocenters. The molecule has 0 unspecified atom stereocenters. The molecule has 0 saturated heterocycles. The van der Waals surface area contributed by atoms with Crippen molar-refractivity contribution in [1.29, 1.82) is 0 Å². The molecule has 6 aromatic carbocycles. The lowest BCUT2D eigenvalue weighted by atomic mass is 10.0. The van der Waals surface area contributed by atoms with Crippen molar-refractivity contribution in [2.45, 2.75) is 0 Å². The third kappa shape index (κ3) is 2.96. The van der Waals surface area contributed by atoms with Crippen molar-refractivity contribution in [3.63, 3.8) is 0 Å². The van der Waals surface area contributed by atoms with Crippen molar-refractivity contribution >= 4 is 75.3 Å². The second kappa shape index (κ2) is 7.83. The number of nitrogens with zero attached hydrogens (tertiary/aromatic N) is 1. The summed E-state index contributed by atoms with van der Waals surface area (Å²) in [7, 11) is 0. The predicted molar refractivity (Wildman–Crippen MR) is 166 cm³/mol. The van der Waals surface area contributed by atoms with Gasteiger partial charge in [0.1, 0.15) is 11.2 Å². The van der Waals surface area contributed by atoms with Crippen LogP contribution in [0.4, 0.5) is 0 Å². The van der Waals surface area contributed by atoms with Crippen LogP contribution in [-0.2, 0) is 0 Å². The molecule has 3 heterocycles. The van der Waals surface area contributed by atoms with E-state index >= 15 is 0 Å². The van der Waals surface area contributed by atoms with Crippen molar-refractivity contribution in [3.8, 4) is 16.8 Å². The molecule has 0 radical (unpaired) electrons. The summed E-state index contributed by atoms with van der Waals surface area (Å²) in [6.45, 7) is 0. The normalized spacial score (nSPS) is 12.1. The highest BCUT2D eigenvalue weighted by molar-refractivity contribution is 7.25. The molecule has 0 aliphatic rings. The van der Waals surface area contributed by atoms with Crippen LogP contribution in [-0.4, -0.2) is 4.57 Å². The third-order valence-corrected chi connectivity index (χ3v) is 9.17. The Balaban J connectivity index is 1.24. The minimum absolute atomic E-state index is 0.927. The predicted octanol–water partition coefficient (Wildman–Crippen LogP) is 10.7. The van der Waals surface area contributed by atoms with Gasteiger partial charge in [-0.3, -0.25) is 0 Å². The van der Waals surface area contributed by atoms with Gasteiger partial charge in [0, 0.05) is 42.0 Å². The average Bonchev–Trinajstić information content (AvgIpc) is 3.66. The summed E-state index contributed by atoms with van der Waals surface area (Å²) < 4.78 is 11.5. The Morgan fingerprint density at radius 2 is 1.21 bits per heavy atom. The van der Waals surface area contributed by atoms with E-state index in [2.05, 4.69) is 126 Å². The fourth-order valence-electron chi connectivity index (χ4n) is 6.22. The van der Waals surface area contributed by atoms with E-state index in [1.807, 2.05) is 17.4 Å². The van der Waals surface area contributed by atoms with Gasteiger partial charge in [-0.15, -0.1) is 11.3 Å². The van der Waals surface area contributed by atoms with E-state index in [0.29, 0.717) is 0 Å². The van der Waals surface area contributed by atoms with Gasteiger partial charge >= 0.3 is 0 Å². The summed E-state index contributed by atoms with van der Waals surface area (Å²) in [5.41, 5.74) is 7.82. The van der Waals surface area contributed by atoms with E-state index in [-0.39, 0.29) is 0 Å². The van der Waals surface area contributed by atoms with Crippen molar-refractivity contribution in [2.24, 2.45) is 0 Å². The lowest BCUT2D eigenvalue weighted by molar-refractivity contribution is 0.673. The van der Waals surface area contributed by atoms with E-state index in [9.17, 15) is 0 Å². The van der Waals surface area contributed by atoms with Crippen molar-refractivity contribution in [2.75, 3.05) is 0 Å². The topological polar surface area (TPSA) is 18.1 Å². The number of hydrogen-bond acceptors (Lipinski definition) is 2. The quantitative estimate of drug-likeness (QED) is 0.224. The summed E-state index contributed by atoms with van der Waals surface area (Å²) in [5, 5.41) is 7.35. The van der Waals surface area contributed by atoms with Crippen molar-refractivity contribution < 1.29 is 4.42 Å². The zero-order valence-corrected chi connectivity index (χ0v) is 21.7. The first-order chi connectivity index (χ1) is 19.3. The van der Waals surface area contributed by atoms with Gasteiger partial charge in [0.05, 0.1) is 16.4 Å². The van der Waals surface area contributed by atoms with E-state index < -0.39 is 0 Å². The summed E-state index contributed by atoms with van der Waals surface area (Å²) in [5.74, 6) is 0. The maximum Gasteiger partial charge on any atom is 0.145 e. The van der Waals surface area contributed by atoms with E-state index in [1.54, 1.807) is 0 Å². The smallest absolute Gasteiger partial charge is 0.145 e. The lowest BCUT2D eigenvalue weighted by Gasteiger charge is -2.09. The minimum atomic E-state index is 0.927. The largest absolute Gasteiger partial charge is 0.455 e. The molecule has 2 nitrogen and oxygen atoms in total. The second-order valence-electron chi connectivity index (χ2n) is 10.1. The Kier molecular flexibility index (Phi) is 4.24. The van der Waals surface area contributed by atoms with Crippen LogP contribution in [0.1, 0.15) is 0 Å². The zero-order chi connectivity index (χ0) is 25.5. The van der Waals surface area contributed by atoms with Crippen LogP contribution in [0, 0.1) is 0 Å². The van der Waals surface area contributed by atoms with E-state index in [1.165, 1.54) is 42.2 Å². The molecule has 39 heavy (non-hydrogen) atoms. The highest BCUT2D eigenvalue weighted by Crippen LogP contribution is 2.41. The van der Waals surface area contributed by atoms with Gasteiger partial charge in [-0.2, -0.15) is 0 Å². The Bertz CT molecular complexity index is 2380. The maximum absolute atomic E-state index is 6.45. The molecule has 0 aliphatic carbocycles. The Morgan fingerprint density at radius 3 is 2.10 bits per heavy atom. The number of fused-ring (bicyclic) bond motifs is 10. The summed E-state index contributed by atoms with van der Waals surface area (Å²) in [6.07, 6.45) is 0. The van der Waals surface area contributed by atoms with Gasteiger partial charge in [0.25, 0.3) is 0 Å². The van der Waals surface area contributed by atoms with Crippen LogP contribution in [0.2, 0.25) is 0 Å². The molecular formula is C36H21NOS. The van der Waals surface area contributed by atoms with Crippen LogP contribution in [0.5, 0.6) is 0 Å². The third-order valence-electron chi connectivity index (χ3n) is 8.02. The molecule has 3 heteroatoms. The monoisotopic (exact) mass is 515 g/mol. The molecule has 0 spiro atoms. The van der Waals surface area contributed by atoms with Gasteiger partial charge < -0.3 is 8.98 Å². The van der Waals surface area contributed by atoms with Gasteiger partial charge in [-0.1, -0.05) is 72.8 Å². The van der Waals surface area contributed by atoms with Gasteiger partial charge in [0.15, 0.2) is 0 Å². The first-order valence-corrected chi connectivity index (χ1v) is 14.0. The van der Waals surface area contributed by atoms with Crippen molar-refractivity contribution in [3.05, 3.63) is 127 Å². The Morgan fingerprint density at radius 1 is 0.487 bits per heavy atom. The first-order valence-electron chi connectivity index (χ1n) is 13.2. The second-order valence-corrected chi connectivity index (χ2v) is 11.2. The van der Waals surface area contributed by atoms with Crippen LogP contribution < -0.4 is 0 Å². The standard InChI is InChI=1S/C36H21NOS/c1-4-10-30-28(9-1)35-31(19-18-27-25-7-2-5-11-32(25)38-36(27)35)37(30)24-16-13-22(14-17-24)23-15-20-34-29(21-23)26-8-3-6-12-33(26)39-34/h1-21H. The molecule has 9 aromatic rings. The molecule has 0 bridgehead atoms. The van der Waals surface area contributed by atoms with Gasteiger partial charge in [-0.25, -0.2) is 0 Å². The molecule has 0 fully saturated rings. The molecule has 182 valence electrons. The van der Waals surface area contributed by atoms with Crippen LogP contribution >= 0.6 is 11.3 Å². The average molecular weight is 516 g/mol. The Hall–Kier alpha value is -4.86. The van der Waals surface area contributed by atoms with Crippen molar-refractivity contribution in [1.82, 2.24) is 4.57 Å². The zero-order valence-electron chi connectivity index (χ0n) is 20.9. The molecule has 0 aliphatic heterocycles. The fourth-order valence-corrected chi connectivity index (χ4v) is 7.31. The highest BCUT2D eigenvalue weighted by atomic mass is 32.1. The number of furan rings is 1. The van der Waals surface area contributed by atoms with E-state index in [4.69, 9.17) is 4.42 Å². The minimum Gasteiger partial charge on any atom is -0.455 e. The molecule has 0 saturated carbocycles. The SMILES string of the molecule is c1ccc2c(c1)oc1c2ccc2c1c1ccccc1n2-c1ccc(-c2ccc3sc4ccccc4c3c2)cc1. The summed E-state index contributed by atoms with van der Waals surface area (Å²) in [4.78, 5) is 0. The van der Waals surface area contributed by atoms with Crippen LogP contribution in [0.15, 0.2) is 132 Å². The number of benzene rings is 6. The lowest BCUT2D eigenvalue weighted by Crippen LogP contribution is -1.93. The molecule has 0 N–H and O–H groups in total. The number of aromatic nitrogens is 1. The highest BCUT2D eigenvalue weighted by Gasteiger charge is 2.18. The molecule has 9 rings (SSSR count).